The van der Waals surface area contributed by atoms with Gasteiger partial charge in [-0.15, -0.1) is 0 Å². The third kappa shape index (κ3) is 2.18. The molecule has 0 aromatic carbocycles. The number of aliphatic carboxylic acids is 1. The molecule has 2 bridgehead atoms. The summed E-state index contributed by atoms with van der Waals surface area (Å²) < 4.78 is 0. The third-order valence-electron chi connectivity index (χ3n) is 4.48. The van der Waals surface area contributed by atoms with Gasteiger partial charge in [0.25, 0.3) is 0 Å². The van der Waals surface area contributed by atoms with Gasteiger partial charge in [-0.05, 0) is 48.1 Å². The second kappa shape index (κ2) is 5.09. The molecule has 3 atom stereocenters. The van der Waals surface area contributed by atoms with E-state index in [0.29, 0.717) is 13.0 Å². The van der Waals surface area contributed by atoms with Crippen molar-refractivity contribution >= 4 is 23.3 Å². The minimum absolute atomic E-state index is 0.102. The first-order valence-electron chi connectivity index (χ1n) is 6.88. The molecule has 1 aromatic rings. The van der Waals surface area contributed by atoms with Gasteiger partial charge in [-0.25, -0.2) is 4.79 Å². The molecule has 0 radical (unpaired) electrons. The molecule has 3 rings (SSSR count). The summed E-state index contributed by atoms with van der Waals surface area (Å²) in [6.07, 6.45) is 2.34. The molecule has 5 nitrogen and oxygen atoms in total. The van der Waals surface area contributed by atoms with Crippen LogP contribution in [0.25, 0.3) is 0 Å². The molecule has 0 spiro atoms. The molecule has 2 saturated heterocycles. The Balaban J connectivity index is 1.64. The lowest BCUT2D eigenvalue weighted by Crippen LogP contribution is -2.44. The number of nitrogens with one attached hydrogen (secondary N) is 1. The summed E-state index contributed by atoms with van der Waals surface area (Å²) >= 11 is 1.63. The molecule has 108 valence electrons. The van der Waals surface area contributed by atoms with E-state index < -0.39 is 5.97 Å². The highest BCUT2D eigenvalue weighted by Crippen LogP contribution is 2.41. The van der Waals surface area contributed by atoms with Crippen molar-refractivity contribution in [3.8, 4) is 0 Å². The van der Waals surface area contributed by atoms with E-state index >= 15 is 0 Å². The van der Waals surface area contributed by atoms with Crippen LogP contribution in [0.4, 0.5) is 4.79 Å². The number of amides is 2. The number of urea groups is 1. The second-order valence-corrected chi connectivity index (χ2v) is 6.37. The van der Waals surface area contributed by atoms with E-state index in [1.54, 1.807) is 16.2 Å². The molecule has 2 amide bonds. The van der Waals surface area contributed by atoms with Gasteiger partial charge in [-0.3, -0.25) is 4.79 Å². The van der Waals surface area contributed by atoms with E-state index in [9.17, 15) is 14.7 Å². The van der Waals surface area contributed by atoms with Crippen molar-refractivity contribution in [2.24, 2.45) is 5.92 Å². The minimum Gasteiger partial charge on any atom is -0.481 e. The van der Waals surface area contributed by atoms with Crippen molar-refractivity contribution in [3.63, 3.8) is 0 Å². The standard InChI is InChI=1S/C14H18N2O3S/c1-8-6-20-7-9(8)5-15-14(19)16-10-2-3-12(16)11(4-10)13(17)18/h6-7,10-12H,2-5H2,1H3,(H,15,19)(H,17,18). The Morgan fingerprint density at radius 3 is 2.85 bits per heavy atom. The number of aryl methyl sites for hydroxylation is 1. The number of carbonyl (C=O) groups excluding carboxylic acids is 1. The van der Waals surface area contributed by atoms with Crippen LogP contribution in [0.1, 0.15) is 30.4 Å². The first kappa shape index (κ1) is 13.4. The number of rotatable bonds is 3. The smallest absolute Gasteiger partial charge is 0.318 e. The number of hydrogen-bond acceptors (Lipinski definition) is 3. The van der Waals surface area contributed by atoms with E-state index in [1.165, 1.54) is 5.56 Å². The Labute approximate surface area is 121 Å². The monoisotopic (exact) mass is 294 g/mol. The maximum absolute atomic E-state index is 12.3. The van der Waals surface area contributed by atoms with Gasteiger partial charge in [0, 0.05) is 18.6 Å². The molecular formula is C14H18N2O3S. The van der Waals surface area contributed by atoms with Crippen LogP contribution in [0.5, 0.6) is 0 Å². The van der Waals surface area contributed by atoms with Crippen LogP contribution in [0.15, 0.2) is 10.8 Å². The number of thiophene rings is 1. The average Bonchev–Trinajstić information content (AvgIpc) is 3.09. The van der Waals surface area contributed by atoms with Crippen molar-refractivity contribution < 1.29 is 14.7 Å². The molecule has 2 fully saturated rings. The van der Waals surface area contributed by atoms with Crippen molar-refractivity contribution in [1.29, 1.82) is 0 Å². The van der Waals surface area contributed by atoms with Gasteiger partial charge < -0.3 is 15.3 Å². The van der Waals surface area contributed by atoms with Gasteiger partial charge in [0.2, 0.25) is 0 Å². The summed E-state index contributed by atoms with van der Waals surface area (Å²) in [5, 5.41) is 16.2. The highest BCUT2D eigenvalue weighted by Gasteiger charge is 2.51. The lowest BCUT2D eigenvalue weighted by atomic mass is 9.89. The van der Waals surface area contributed by atoms with Crippen LogP contribution in [0.2, 0.25) is 0 Å². The molecule has 2 aliphatic heterocycles. The zero-order chi connectivity index (χ0) is 14.3. The predicted molar refractivity (Wildman–Crippen MR) is 75.7 cm³/mol. The fraction of sp³-hybridized carbons (Fsp3) is 0.571. The minimum atomic E-state index is -0.774. The quantitative estimate of drug-likeness (QED) is 0.898. The maximum atomic E-state index is 12.3. The fourth-order valence-electron chi connectivity index (χ4n) is 3.40. The van der Waals surface area contributed by atoms with Gasteiger partial charge >= 0.3 is 12.0 Å². The molecule has 1 aromatic heterocycles. The van der Waals surface area contributed by atoms with Gasteiger partial charge in [-0.2, -0.15) is 11.3 Å². The van der Waals surface area contributed by atoms with E-state index in [-0.39, 0.29) is 24.0 Å². The van der Waals surface area contributed by atoms with Gasteiger partial charge in [0.15, 0.2) is 0 Å². The van der Waals surface area contributed by atoms with Crippen LogP contribution < -0.4 is 5.32 Å². The van der Waals surface area contributed by atoms with E-state index in [2.05, 4.69) is 10.7 Å². The maximum Gasteiger partial charge on any atom is 0.318 e. The second-order valence-electron chi connectivity index (χ2n) is 5.62. The predicted octanol–water partition coefficient (Wildman–Crippen LogP) is 2.20. The highest BCUT2D eigenvalue weighted by molar-refractivity contribution is 7.08. The molecule has 3 heterocycles. The van der Waals surface area contributed by atoms with Gasteiger partial charge in [-0.1, -0.05) is 0 Å². The average molecular weight is 294 g/mol. The number of fused-ring (bicyclic) bond motifs is 2. The number of carboxylic acids is 1. The van der Waals surface area contributed by atoms with Crippen molar-refractivity contribution in [3.05, 3.63) is 21.9 Å². The summed E-state index contributed by atoms with van der Waals surface area (Å²) in [5.74, 6) is -1.16. The Bertz CT molecular complexity index is 542. The summed E-state index contributed by atoms with van der Waals surface area (Å²) in [6.45, 7) is 2.54. The summed E-state index contributed by atoms with van der Waals surface area (Å²) in [6, 6.07) is -0.141. The number of carbonyl (C=O) groups is 2. The van der Waals surface area contributed by atoms with Crippen LogP contribution in [0, 0.1) is 12.8 Å². The molecule has 0 aliphatic carbocycles. The zero-order valence-electron chi connectivity index (χ0n) is 11.3. The molecule has 6 heteroatoms. The fourth-order valence-corrected chi connectivity index (χ4v) is 4.26. The van der Waals surface area contributed by atoms with Crippen molar-refractivity contribution in [1.82, 2.24) is 10.2 Å². The molecule has 20 heavy (non-hydrogen) atoms. The lowest BCUT2D eigenvalue weighted by Gasteiger charge is -2.23. The largest absolute Gasteiger partial charge is 0.481 e. The van der Waals surface area contributed by atoms with Crippen LogP contribution in [-0.4, -0.2) is 34.1 Å². The normalized spacial score (nSPS) is 27.9. The molecule has 2 N–H and O–H groups in total. The number of hydrogen-bond donors (Lipinski definition) is 2. The zero-order valence-corrected chi connectivity index (χ0v) is 12.2. The van der Waals surface area contributed by atoms with Crippen LogP contribution >= 0.6 is 11.3 Å². The highest BCUT2D eigenvalue weighted by atomic mass is 32.1. The first-order valence-corrected chi connectivity index (χ1v) is 7.83. The van der Waals surface area contributed by atoms with E-state index in [4.69, 9.17) is 0 Å². The van der Waals surface area contributed by atoms with Gasteiger partial charge in [0.05, 0.1) is 5.92 Å². The Morgan fingerprint density at radius 1 is 1.45 bits per heavy atom. The summed E-state index contributed by atoms with van der Waals surface area (Å²) in [5.41, 5.74) is 2.31. The Hall–Kier alpha value is -1.56. The first-order chi connectivity index (χ1) is 9.58. The summed E-state index contributed by atoms with van der Waals surface area (Å²) in [4.78, 5) is 25.3. The van der Waals surface area contributed by atoms with E-state index in [0.717, 1.165) is 18.4 Å². The number of carboxylic acid groups (broad SMARTS) is 1. The van der Waals surface area contributed by atoms with E-state index in [1.807, 2.05) is 12.3 Å². The van der Waals surface area contributed by atoms with Gasteiger partial charge in [0.1, 0.15) is 0 Å². The Kier molecular flexibility index (Phi) is 3.41. The van der Waals surface area contributed by atoms with Crippen LogP contribution in [-0.2, 0) is 11.3 Å². The summed E-state index contributed by atoms with van der Waals surface area (Å²) in [7, 11) is 0. The van der Waals surface area contributed by atoms with Crippen molar-refractivity contribution in [2.45, 2.75) is 44.8 Å². The molecule has 0 saturated carbocycles. The molecule has 2 aliphatic rings. The number of nitrogens with zero attached hydrogens (tertiary/aromatic N) is 1. The molecular weight excluding hydrogens is 276 g/mol. The van der Waals surface area contributed by atoms with Crippen LogP contribution in [0.3, 0.4) is 0 Å². The topological polar surface area (TPSA) is 69.6 Å². The SMILES string of the molecule is Cc1cscc1CNC(=O)N1C2CCC1C(C(=O)O)C2. The lowest BCUT2D eigenvalue weighted by molar-refractivity contribution is -0.142. The Morgan fingerprint density at radius 2 is 2.25 bits per heavy atom. The third-order valence-corrected chi connectivity index (χ3v) is 5.39. The van der Waals surface area contributed by atoms with Crippen molar-refractivity contribution in [2.75, 3.05) is 0 Å². The molecule has 3 unspecified atom stereocenters.